The summed E-state index contributed by atoms with van der Waals surface area (Å²) in [6.07, 6.45) is 2.11. The average Bonchev–Trinajstić information content (AvgIpc) is 2.81. The van der Waals surface area contributed by atoms with Gasteiger partial charge in [0.05, 0.1) is 20.3 Å². The minimum atomic E-state index is -0.348. The Labute approximate surface area is 208 Å². The van der Waals surface area contributed by atoms with Crippen molar-refractivity contribution >= 4 is 39.4 Å². The van der Waals surface area contributed by atoms with Crippen molar-refractivity contribution in [1.29, 1.82) is 5.41 Å². The third kappa shape index (κ3) is 7.71. The maximum absolute atomic E-state index is 12.9. The topological polar surface area (TPSA) is 86.7 Å². The van der Waals surface area contributed by atoms with Gasteiger partial charge in [-0.2, -0.15) is 0 Å². The molecule has 1 aliphatic heterocycles. The molecule has 1 heterocycles. The lowest BCUT2D eigenvalue weighted by Gasteiger charge is -2.26. The number of nitrogens with one attached hydrogen (secondary N) is 3. The molecule has 0 spiro atoms. The fraction of sp³-hybridized carbons (Fsp3) is 0.417. The molecular formula is C24H30BrClN4O3. The monoisotopic (exact) mass is 536 g/mol. The van der Waals surface area contributed by atoms with Crippen LogP contribution in [0, 0.1) is 5.41 Å². The van der Waals surface area contributed by atoms with Crippen molar-refractivity contribution in [2.24, 2.45) is 0 Å². The Hall–Kier alpha value is -2.13. The molecule has 1 amide bonds. The Morgan fingerprint density at radius 1 is 1.24 bits per heavy atom. The Kier molecular flexibility index (Phi) is 9.99. The zero-order chi connectivity index (χ0) is 23.6. The highest BCUT2D eigenvalue weighted by atomic mass is 79.9. The van der Waals surface area contributed by atoms with Gasteiger partial charge in [0.25, 0.3) is 5.91 Å². The first-order valence-corrected chi connectivity index (χ1v) is 12.2. The first kappa shape index (κ1) is 25.5. The second-order valence-electron chi connectivity index (χ2n) is 7.79. The van der Waals surface area contributed by atoms with Crippen molar-refractivity contribution in [2.45, 2.75) is 19.3 Å². The molecule has 0 atom stereocenters. The van der Waals surface area contributed by atoms with Crippen LogP contribution in [0.25, 0.3) is 0 Å². The van der Waals surface area contributed by atoms with Gasteiger partial charge in [-0.15, -0.1) is 0 Å². The Bertz CT molecular complexity index is 967. The van der Waals surface area contributed by atoms with Crippen molar-refractivity contribution in [3.05, 3.63) is 62.6 Å². The van der Waals surface area contributed by atoms with Crippen LogP contribution in [0.3, 0.4) is 0 Å². The number of halogens is 2. The van der Waals surface area contributed by atoms with Gasteiger partial charge < -0.3 is 14.8 Å². The van der Waals surface area contributed by atoms with Crippen LogP contribution in [-0.4, -0.2) is 63.3 Å². The van der Waals surface area contributed by atoms with E-state index in [1.54, 1.807) is 25.3 Å². The van der Waals surface area contributed by atoms with E-state index in [2.05, 4.69) is 31.5 Å². The van der Waals surface area contributed by atoms with E-state index in [9.17, 15) is 4.79 Å². The lowest BCUT2D eigenvalue weighted by molar-refractivity contribution is 0.0376. The minimum absolute atomic E-state index is 0.0124. The molecule has 1 aliphatic rings. The van der Waals surface area contributed by atoms with E-state index in [0.717, 1.165) is 60.6 Å². The van der Waals surface area contributed by atoms with Gasteiger partial charge >= 0.3 is 0 Å². The number of amides is 1. The predicted molar refractivity (Wildman–Crippen MR) is 135 cm³/mol. The highest BCUT2D eigenvalue weighted by Crippen LogP contribution is 2.27. The number of aryl methyl sites for hydroxylation is 1. The van der Waals surface area contributed by atoms with Crippen molar-refractivity contribution < 1.29 is 14.3 Å². The molecule has 0 aromatic heterocycles. The highest BCUT2D eigenvalue weighted by molar-refractivity contribution is 9.10. The number of carbonyl (C=O) groups excluding carboxylic acids is 1. The standard InChI is InChI=1S/C24H30BrClN4O3/c1-32-22-9-7-18(25)16-17(22)6-8-19-20(4-2-5-21(19)26)23(31)29-24(27)28-10-3-11-30-12-14-33-15-13-30/h2,4-5,7,9,16H,3,6,8,10-15H2,1H3,(H3,27,28,29,31). The quantitative estimate of drug-likeness (QED) is 0.257. The van der Waals surface area contributed by atoms with E-state index in [1.807, 2.05) is 18.2 Å². The molecule has 0 saturated carbocycles. The molecule has 2 aromatic rings. The predicted octanol–water partition coefficient (Wildman–Crippen LogP) is 3.87. The van der Waals surface area contributed by atoms with Gasteiger partial charge in [0.2, 0.25) is 0 Å². The summed E-state index contributed by atoms with van der Waals surface area (Å²) in [5.74, 6) is 0.431. The third-order valence-electron chi connectivity index (χ3n) is 5.55. The van der Waals surface area contributed by atoms with Gasteiger partial charge in [0.1, 0.15) is 5.75 Å². The summed E-state index contributed by atoms with van der Waals surface area (Å²) in [4.78, 5) is 15.2. The first-order chi connectivity index (χ1) is 16.0. The van der Waals surface area contributed by atoms with Crippen LogP contribution in [0.15, 0.2) is 40.9 Å². The number of guanidine groups is 1. The van der Waals surface area contributed by atoms with E-state index in [0.29, 0.717) is 30.0 Å². The van der Waals surface area contributed by atoms with Crippen LogP contribution in [0.5, 0.6) is 5.75 Å². The summed E-state index contributed by atoms with van der Waals surface area (Å²) in [7, 11) is 1.64. The average molecular weight is 538 g/mol. The minimum Gasteiger partial charge on any atom is -0.496 e. The van der Waals surface area contributed by atoms with Crippen LogP contribution in [0.2, 0.25) is 5.02 Å². The smallest absolute Gasteiger partial charge is 0.258 e. The summed E-state index contributed by atoms with van der Waals surface area (Å²) in [5, 5.41) is 14.2. The molecule has 0 unspecified atom stereocenters. The van der Waals surface area contributed by atoms with Crippen LogP contribution < -0.4 is 15.4 Å². The lowest BCUT2D eigenvalue weighted by Crippen LogP contribution is -2.42. The molecule has 0 radical (unpaired) electrons. The molecule has 9 heteroatoms. The summed E-state index contributed by atoms with van der Waals surface area (Å²) in [6.45, 7) is 4.98. The fourth-order valence-corrected chi connectivity index (χ4v) is 4.47. The van der Waals surface area contributed by atoms with E-state index in [4.69, 9.17) is 26.5 Å². The van der Waals surface area contributed by atoms with Crippen molar-refractivity contribution in [3.8, 4) is 5.75 Å². The molecule has 7 nitrogen and oxygen atoms in total. The Balaban J connectivity index is 1.55. The number of morpholine rings is 1. The lowest BCUT2D eigenvalue weighted by atomic mass is 9.98. The summed E-state index contributed by atoms with van der Waals surface area (Å²) >= 11 is 9.95. The number of carbonyl (C=O) groups is 1. The maximum atomic E-state index is 12.9. The summed E-state index contributed by atoms with van der Waals surface area (Å²) < 4.78 is 11.8. The van der Waals surface area contributed by atoms with Gasteiger partial charge in [-0.3, -0.25) is 20.4 Å². The van der Waals surface area contributed by atoms with E-state index < -0.39 is 0 Å². The van der Waals surface area contributed by atoms with Crippen LogP contribution in [0.1, 0.15) is 27.9 Å². The zero-order valence-corrected chi connectivity index (χ0v) is 21.1. The molecule has 178 valence electrons. The van der Waals surface area contributed by atoms with Crippen LogP contribution in [-0.2, 0) is 17.6 Å². The first-order valence-electron chi connectivity index (χ1n) is 11.0. The number of nitrogens with zero attached hydrogens (tertiary/aromatic N) is 1. The number of hydrogen-bond donors (Lipinski definition) is 3. The molecule has 0 bridgehead atoms. The normalized spacial score (nSPS) is 14.0. The number of ether oxygens (including phenoxy) is 2. The molecular weight excluding hydrogens is 508 g/mol. The second-order valence-corrected chi connectivity index (χ2v) is 9.11. The highest BCUT2D eigenvalue weighted by Gasteiger charge is 2.16. The molecule has 33 heavy (non-hydrogen) atoms. The van der Waals surface area contributed by atoms with Gasteiger partial charge in [-0.05, 0) is 67.3 Å². The molecule has 0 aliphatic carbocycles. The summed E-state index contributed by atoms with van der Waals surface area (Å²) in [5.41, 5.74) is 2.24. The van der Waals surface area contributed by atoms with Gasteiger partial charge in [-0.25, -0.2) is 0 Å². The van der Waals surface area contributed by atoms with Gasteiger partial charge in [-0.1, -0.05) is 33.6 Å². The number of hydrogen-bond acceptors (Lipinski definition) is 5. The zero-order valence-electron chi connectivity index (χ0n) is 18.8. The number of rotatable bonds is 9. The molecule has 2 aromatic carbocycles. The van der Waals surface area contributed by atoms with E-state index in [1.165, 1.54) is 0 Å². The number of benzene rings is 2. The van der Waals surface area contributed by atoms with Crippen molar-refractivity contribution in [3.63, 3.8) is 0 Å². The maximum Gasteiger partial charge on any atom is 0.258 e. The Morgan fingerprint density at radius 2 is 2.03 bits per heavy atom. The van der Waals surface area contributed by atoms with Gasteiger partial charge in [0, 0.05) is 34.7 Å². The largest absolute Gasteiger partial charge is 0.496 e. The van der Waals surface area contributed by atoms with E-state index in [-0.39, 0.29) is 11.9 Å². The number of methoxy groups -OCH3 is 1. The van der Waals surface area contributed by atoms with Crippen LogP contribution in [0.4, 0.5) is 0 Å². The molecule has 1 saturated heterocycles. The second kappa shape index (κ2) is 12.9. The Morgan fingerprint density at radius 3 is 2.79 bits per heavy atom. The fourth-order valence-electron chi connectivity index (χ4n) is 3.79. The molecule has 1 fully saturated rings. The van der Waals surface area contributed by atoms with Crippen LogP contribution >= 0.6 is 27.5 Å². The van der Waals surface area contributed by atoms with E-state index >= 15 is 0 Å². The third-order valence-corrected chi connectivity index (χ3v) is 6.39. The van der Waals surface area contributed by atoms with Gasteiger partial charge in [0.15, 0.2) is 5.96 Å². The SMILES string of the molecule is COc1ccc(Br)cc1CCc1c(Cl)cccc1C(=O)NC(=N)NCCCN1CCOCC1. The molecule has 3 N–H and O–H groups in total. The van der Waals surface area contributed by atoms with Crippen molar-refractivity contribution in [2.75, 3.05) is 46.5 Å². The summed E-state index contributed by atoms with van der Waals surface area (Å²) in [6, 6.07) is 11.1. The van der Waals surface area contributed by atoms with Crippen molar-refractivity contribution in [1.82, 2.24) is 15.5 Å². The molecule has 3 rings (SSSR count).